The SMILES string of the molecule is O=C(O)CC(O)C(=O)O.O=C(O)CC(O)C(=O)O.O=C(O)CC(O)C(=O)O.[Cr+3]. The molecule has 0 amide bonds. The van der Waals surface area contributed by atoms with Crippen LogP contribution in [-0.4, -0.2) is 100 Å². The van der Waals surface area contributed by atoms with Gasteiger partial charge in [-0.25, -0.2) is 14.4 Å². The molecule has 0 aromatic carbocycles. The summed E-state index contributed by atoms with van der Waals surface area (Å²) in [6.45, 7) is 0. The van der Waals surface area contributed by atoms with Crippen LogP contribution in [0.3, 0.4) is 0 Å². The van der Waals surface area contributed by atoms with E-state index in [1.165, 1.54) is 0 Å². The third-order valence-corrected chi connectivity index (χ3v) is 1.96. The smallest absolute Gasteiger partial charge is 0.481 e. The Hall–Kier alpha value is -2.77. The molecule has 0 aliphatic heterocycles. The second kappa shape index (κ2) is 17.6. The molecular weight excluding hydrogens is 436 g/mol. The van der Waals surface area contributed by atoms with Crippen molar-refractivity contribution in [3.63, 3.8) is 0 Å². The molecule has 0 aliphatic rings. The van der Waals surface area contributed by atoms with E-state index >= 15 is 0 Å². The summed E-state index contributed by atoms with van der Waals surface area (Å²) in [7, 11) is 0. The largest absolute Gasteiger partial charge is 3.00 e. The fourth-order valence-corrected chi connectivity index (χ4v) is 0.758. The summed E-state index contributed by atoms with van der Waals surface area (Å²) < 4.78 is 0. The van der Waals surface area contributed by atoms with Gasteiger partial charge in [-0.05, 0) is 0 Å². The van der Waals surface area contributed by atoms with E-state index in [0.717, 1.165) is 0 Å². The molecule has 0 aromatic heterocycles. The predicted molar refractivity (Wildman–Crippen MR) is 77.7 cm³/mol. The van der Waals surface area contributed by atoms with Crippen molar-refractivity contribution in [2.45, 2.75) is 37.6 Å². The van der Waals surface area contributed by atoms with Crippen molar-refractivity contribution in [2.24, 2.45) is 0 Å². The van der Waals surface area contributed by atoms with Gasteiger partial charge in [-0.3, -0.25) is 14.4 Å². The Morgan fingerprint density at radius 3 is 0.643 bits per heavy atom. The Kier molecular flexibility index (Phi) is 20.7. The van der Waals surface area contributed by atoms with Crippen molar-refractivity contribution < 1.29 is 92.1 Å². The molecule has 3 unspecified atom stereocenters. The average Bonchev–Trinajstić information content (AvgIpc) is 2.46. The van der Waals surface area contributed by atoms with E-state index in [1.54, 1.807) is 0 Å². The quantitative estimate of drug-likeness (QED) is 0.165. The van der Waals surface area contributed by atoms with Crippen LogP contribution in [0.1, 0.15) is 19.3 Å². The fraction of sp³-hybridized carbons (Fsp3) is 0.500. The zero-order valence-electron chi connectivity index (χ0n) is 13.7. The van der Waals surface area contributed by atoms with Gasteiger partial charge in [0, 0.05) is 0 Å². The third kappa shape index (κ3) is 25.5. The average molecular weight is 454 g/mol. The number of hydrogen-bond acceptors (Lipinski definition) is 9. The number of rotatable bonds is 9. The van der Waals surface area contributed by atoms with Crippen LogP contribution >= 0.6 is 0 Å². The number of aliphatic hydroxyl groups is 3. The maximum atomic E-state index is 9.72. The van der Waals surface area contributed by atoms with Crippen LogP contribution in [0.4, 0.5) is 0 Å². The number of carbonyl (C=O) groups is 6. The Labute approximate surface area is 166 Å². The van der Waals surface area contributed by atoms with Gasteiger partial charge in [-0.2, -0.15) is 0 Å². The van der Waals surface area contributed by atoms with Crippen molar-refractivity contribution in [3.05, 3.63) is 0 Å². The van der Waals surface area contributed by atoms with E-state index in [1.807, 2.05) is 0 Å². The molecule has 9 N–H and O–H groups in total. The summed E-state index contributed by atoms with van der Waals surface area (Å²) >= 11 is 0. The Balaban J connectivity index is -0.000000152. The zero-order chi connectivity index (χ0) is 22.3. The molecule has 3 atom stereocenters. The van der Waals surface area contributed by atoms with Gasteiger partial charge in [0.2, 0.25) is 0 Å². The standard InChI is InChI=1S/3C4H6O5.Cr/c3*5-2(4(8)9)1-3(6)7;/h3*2,5H,1H2,(H,6,7)(H,8,9);/q;;;+3. The molecule has 0 aliphatic carbocycles. The second-order valence-corrected chi connectivity index (χ2v) is 4.36. The molecule has 0 heterocycles. The van der Waals surface area contributed by atoms with Crippen LogP contribution in [0.5, 0.6) is 0 Å². The summed E-state index contributed by atoms with van der Waals surface area (Å²) in [4.78, 5) is 58.2. The van der Waals surface area contributed by atoms with E-state index in [2.05, 4.69) is 0 Å². The van der Waals surface area contributed by atoms with E-state index in [4.69, 9.17) is 46.0 Å². The first-order chi connectivity index (χ1) is 12.1. The van der Waals surface area contributed by atoms with E-state index < -0.39 is 73.4 Å². The van der Waals surface area contributed by atoms with Gasteiger partial charge in [-0.1, -0.05) is 0 Å². The van der Waals surface area contributed by atoms with E-state index in [9.17, 15) is 28.8 Å². The number of carboxylic acids is 6. The van der Waals surface area contributed by atoms with Crippen molar-refractivity contribution in [1.29, 1.82) is 0 Å². The Morgan fingerprint density at radius 1 is 0.464 bits per heavy atom. The third-order valence-electron chi connectivity index (χ3n) is 1.96. The number of aliphatic hydroxyl groups excluding tert-OH is 3. The second-order valence-electron chi connectivity index (χ2n) is 4.36. The van der Waals surface area contributed by atoms with Gasteiger partial charge in [0.15, 0.2) is 18.3 Å². The topological polar surface area (TPSA) is 284 Å². The van der Waals surface area contributed by atoms with E-state index in [0.29, 0.717) is 0 Å². The number of hydrogen-bond donors (Lipinski definition) is 9. The van der Waals surface area contributed by atoms with Gasteiger partial charge >= 0.3 is 53.2 Å². The maximum absolute atomic E-state index is 9.72. The van der Waals surface area contributed by atoms with Crippen molar-refractivity contribution in [3.8, 4) is 0 Å². The van der Waals surface area contributed by atoms with Crippen LogP contribution in [0.2, 0.25) is 0 Å². The van der Waals surface area contributed by atoms with Gasteiger partial charge in [0.1, 0.15) is 0 Å². The van der Waals surface area contributed by atoms with Crippen molar-refractivity contribution >= 4 is 35.8 Å². The first kappa shape index (κ1) is 32.9. The summed E-state index contributed by atoms with van der Waals surface area (Å²) in [5.74, 6) is -8.54. The number of carboxylic acid groups (broad SMARTS) is 6. The summed E-state index contributed by atoms with van der Waals surface area (Å²) in [6, 6.07) is 0. The normalized spacial score (nSPS) is 12.1. The van der Waals surface area contributed by atoms with Gasteiger partial charge in [-0.15, -0.1) is 0 Å². The predicted octanol–water partition coefficient (Wildman–Crippen LogP) is -3.28. The van der Waals surface area contributed by atoms with Crippen LogP contribution < -0.4 is 0 Å². The minimum Gasteiger partial charge on any atom is -0.481 e. The summed E-state index contributed by atoms with van der Waals surface area (Å²) in [5, 5.41) is 72.4. The molecule has 0 bridgehead atoms. The molecule has 159 valence electrons. The minimum atomic E-state index is -1.79. The Morgan fingerprint density at radius 2 is 0.607 bits per heavy atom. The van der Waals surface area contributed by atoms with Gasteiger partial charge in [0.25, 0.3) is 0 Å². The molecule has 0 saturated heterocycles. The van der Waals surface area contributed by atoms with Gasteiger partial charge in [0.05, 0.1) is 19.3 Å². The molecular formula is C12H18CrO15+3. The van der Waals surface area contributed by atoms with E-state index in [-0.39, 0.29) is 17.4 Å². The molecule has 16 heteroatoms. The monoisotopic (exact) mass is 454 g/mol. The molecule has 0 rings (SSSR count). The Bertz CT molecular complexity index is 469. The molecule has 15 nitrogen and oxygen atoms in total. The molecule has 0 fully saturated rings. The molecule has 0 aromatic rings. The van der Waals surface area contributed by atoms with Crippen molar-refractivity contribution in [1.82, 2.24) is 0 Å². The zero-order valence-corrected chi connectivity index (χ0v) is 15.0. The minimum absolute atomic E-state index is 0. The van der Waals surface area contributed by atoms with Crippen LogP contribution in [0, 0.1) is 0 Å². The summed E-state index contributed by atoms with van der Waals surface area (Å²) in [6.07, 6.45) is -7.63. The molecule has 28 heavy (non-hydrogen) atoms. The molecule has 0 saturated carbocycles. The van der Waals surface area contributed by atoms with Crippen LogP contribution in [0.25, 0.3) is 0 Å². The summed E-state index contributed by atoms with van der Waals surface area (Å²) in [5.41, 5.74) is 0. The van der Waals surface area contributed by atoms with Crippen molar-refractivity contribution in [2.75, 3.05) is 0 Å². The first-order valence-corrected chi connectivity index (χ1v) is 6.49. The van der Waals surface area contributed by atoms with Crippen LogP contribution in [0.15, 0.2) is 0 Å². The maximum Gasteiger partial charge on any atom is 3.00 e. The van der Waals surface area contributed by atoms with Crippen LogP contribution in [-0.2, 0) is 46.1 Å². The fourth-order valence-electron chi connectivity index (χ4n) is 0.758. The molecule has 0 spiro atoms. The number of aliphatic carboxylic acids is 6. The first-order valence-electron chi connectivity index (χ1n) is 6.49. The van der Waals surface area contributed by atoms with Gasteiger partial charge < -0.3 is 46.0 Å². The molecule has 1 radical (unpaired) electrons.